The molecule has 0 unspecified atom stereocenters. The maximum atomic E-state index is 13.8. The number of carbonyl (C=O) groups excluding carboxylic acids is 1. The van der Waals surface area contributed by atoms with Crippen molar-refractivity contribution in [3.8, 4) is 5.75 Å². The standard InChI is InChI=1S/C28H34N4O5S2/c1-4-13-31(14-5-2)39(34,35)24-10-7-22(8-11-24)27(33)32(16-6-15-30-17-19-37-20-18-30)28-29-25-21-23(36-3)9-12-26(25)38-28/h4-5,7-12,21H,1-2,6,13-20H2,3H3. The van der Waals surface area contributed by atoms with Gasteiger partial charge in [0.15, 0.2) is 5.13 Å². The molecular weight excluding hydrogens is 536 g/mol. The van der Waals surface area contributed by atoms with Crippen LogP contribution in [-0.4, -0.2) is 88.1 Å². The molecule has 2 heterocycles. The Morgan fingerprint density at radius 1 is 1.13 bits per heavy atom. The van der Waals surface area contributed by atoms with Crippen molar-refractivity contribution in [2.45, 2.75) is 11.3 Å². The van der Waals surface area contributed by atoms with E-state index >= 15 is 0 Å². The van der Waals surface area contributed by atoms with Gasteiger partial charge in [0.25, 0.3) is 5.91 Å². The number of carbonyl (C=O) groups is 1. The summed E-state index contributed by atoms with van der Waals surface area (Å²) in [5.41, 5.74) is 1.14. The molecule has 1 amide bonds. The lowest BCUT2D eigenvalue weighted by atomic mass is 10.2. The van der Waals surface area contributed by atoms with Crippen LogP contribution in [0.25, 0.3) is 10.2 Å². The molecule has 1 fully saturated rings. The summed E-state index contributed by atoms with van der Waals surface area (Å²) < 4.78 is 39.2. The lowest BCUT2D eigenvalue weighted by Crippen LogP contribution is -2.39. The lowest BCUT2D eigenvalue weighted by Gasteiger charge is -2.27. The Labute approximate surface area is 234 Å². The molecule has 0 bridgehead atoms. The third-order valence-electron chi connectivity index (χ3n) is 6.42. The van der Waals surface area contributed by atoms with E-state index in [1.54, 1.807) is 24.1 Å². The van der Waals surface area contributed by atoms with E-state index < -0.39 is 10.0 Å². The van der Waals surface area contributed by atoms with Gasteiger partial charge >= 0.3 is 0 Å². The van der Waals surface area contributed by atoms with Gasteiger partial charge in [-0.1, -0.05) is 23.5 Å². The Bertz CT molecular complexity index is 1390. The van der Waals surface area contributed by atoms with Gasteiger partial charge in [0.1, 0.15) is 5.75 Å². The number of hydrogen-bond donors (Lipinski definition) is 0. The lowest BCUT2D eigenvalue weighted by molar-refractivity contribution is 0.0376. The zero-order chi connectivity index (χ0) is 27.8. The fourth-order valence-corrected chi connectivity index (χ4v) is 6.68. The van der Waals surface area contributed by atoms with Gasteiger partial charge < -0.3 is 9.47 Å². The van der Waals surface area contributed by atoms with Gasteiger partial charge in [0, 0.05) is 50.9 Å². The average molecular weight is 571 g/mol. The molecule has 208 valence electrons. The number of aromatic nitrogens is 1. The number of morpholine rings is 1. The maximum Gasteiger partial charge on any atom is 0.260 e. The van der Waals surface area contributed by atoms with Crippen LogP contribution in [-0.2, 0) is 14.8 Å². The van der Waals surface area contributed by atoms with Crippen molar-refractivity contribution in [1.29, 1.82) is 0 Å². The molecule has 0 atom stereocenters. The van der Waals surface area contributed by atoms with E-state index in [4.69, 9.17) is 14.5 Å². The number of thiazole rings is 1. The molecule has 11 heteroatoms. The molecule has 9 nitrogen and oxygen atoms in total. The smallest absolute Gasteiger partial charge is 0.260 e. The van der Waals surface area contributed by atoms with Gasteiger partial charge in [-0.2, -0.15) is 4.31 Å². The molecule has 39 heavy (non-hydrogen) atoms. The number of sulfonamides is 1. The van der Waals surface area contributed by atoms with E-state index in [0.717, 1.165) is 36.3 Å². The molecule has 4 rings (SSSR count). The van der Waals surface area contributed by atoms with Crippen LogP contribution in [0.5, 0.6) is 5.75 Å². The number of methoxy groups -OCH3 is 1. The predicted molar refractivity (Wildman–Crippen MR) is 155 cm³/mol. The van der Waals surface area contributed by atoms with Crippen molar-refractivity contribution in [3.63, 3.8) is 0 Å². The molecule has 1 saturated heterocycles. The zero-order valence-electron chi connectivity index (χ0n) is 22.1. The summed E-state index contributed by atoms with van der Waals surface area (Å²) in [5.74, 6) is 0.462. The molecular formula is C28H34N4O5S2. The number of ether oxygens (including phenoxy) is 2. The molecule has 1 aromatic heterocycles. The Kier molecular flexibility index (Phi) is 9.87. The SMILES string of the molecule is C=CCN(CC=C)S(=O)(=O)c1ccc(C(=O)N(CCCN2CCOCC2)c2nc3cc(OC)ccc3s2)cc1. The monoisotopic (exact) mass is 570 g/mol. The number of benzene rings is 2. The topological polar surface area (TPSA) is 92.3 Å². The molecule has 3 aromatic rings. The summed E-state index contributed by atoms with van der Waals surface area (Å²) in [7, 11) is -2.16. The van der Waals surface area contributed by atoms with E-state index in [1.807, 2.05) is 18.2 Å². The average Bonchev–Trinajstić information content (AvgIpc) is 3.38. The fraction of sp³-hybridized carbons (Fsp3) is 0.357. The first-order valence-corrected chi connectivity index (χ1v) is 15.0. The van der Waals surface area contributed by atoms with Crippen molar-refractivity contribution in [2.75, 3.05) is 64.5 Å². The van der Waals surface area contributed by atoms with E-state index in [2.05, 4.69) is 18.1 Å². The largest absolute Gasteiger partial charge is 0.497 e. The highest BCUT2D eigenvalue weighted by atomic mass is 32.2. The number of anilines is 1. The quantitative estimate of drug-likeness (QED) is 0.287. The first kappa shape index (κ1) is 28.9. The van der Waals surface area contributed by atoms with Crippen LogP contribution in [0.4, 0.5) is 5.13 Å². The Morgan fingerprint density at radius 2 is 1.82 bits per heavy atom. The summed E-state index contributed by atoms with van der Waals surface area (Å²) in [5, 5.41) is 0.588. The Morgan fingerprint density at radius 3 is 2.46 bits per heavy atom. The Hall–Kier alpha value is -3.09. The number of hydrogen-bond acceptors (Lipinski definition) is 8. The minimum absolute atomic E-state index is 0.105. The second-order valence-electron chi connectivity index (χ2n) is 9.02. The van der Waals surface area contributed by atoms with Gasteiger partial charge in [-0.05, 0) is 42.8 Å². The van der Waals surface area contributed by atoms with Gasteiger partial charge in [-0.25, -0.2) is 13.4 Å². The third-order valence-corrected chi connectivity index (χ3v) is 9.33. The van der Waals surface area contributed by atoms with Gasteiger partial charge in [0.2, 0.25) is 10.0 Å². The van der Waals surface area contributed by atoms with Crippen LogP contribution < -0.4 is 9.64 Å². The predicted octanol–water partition coefficient (Wildman–Crippen LogP) is 4.04. The van der Waals surface area contributed by atoms with Crippen molar-refractivity contribution in [3.05, 3.63) is 73.3 Å². The maximum absolute atomic E-state index is 13.8. The van der Waals surface area contributed by atoms with Crippen molar-refractivity contribution in [1.82, 2.24) is 14.2 Å². The summed E-state index contributed by atoms with van der Waals surface area (Å²) >= 11 is 1.44. The molecule has 0 N–H and O–H groups in total. The molecule has 1 aliphatic heterocycles. The highest BCUT2D eigenvalue weighted by Crippen LogP contribution is 2.32. The van der Waals surface area contributed by atoms with E-state index in [-0.39, 0.29) is 23.9 Å². The second kappa shape index (κ2) is 13.3. The van der Waals surface area contributed by atoms with Crippen LogP contribution in [0.15, 0.2) is 72.7 Å². The fourth-order valence-electron chi connectivity index (χ4n) is 4.33. The summed E-state index contributed by atoms with van der Waals surface area (Å²) in [6.07, 6.45) is 3.82. The molecule has 0 aliphatic carbocycles. The van der Waals surface area contributed by atoms with E-state index in [0.29, 0.717) is 36.2 Å². The van der Waals surface area contributed by atoms with Crippen molar-refractivity contribution >= 4 is 42.6 Å². The normalized spacial score (nSPS) is 14.4. The van der Waals surface area contributed by atoms with E-state index in [9.17, 15) is 13.2 Å². The number of rotatable bonds is 13. The second-order valence-corrected chi connectivity index (χ2v) is 12.0. The van der Waals surface area contributed by atoms with Crippen LogP contribution in [0.1, 0.15) is 16.8 Å². The highest BCUT2D eigenvalue weighted by molar-refractivity contribution is 7.89. The van der Waals surface area contributed by atoms with Crippen molar-refractivity contribution in [2.24, 2.45) is 0 Å². The van der Waals surface area contributed by atoms with Crippen molar-refractivity contribution < 1.29 is 22.7 Å². The number of amides is 1. The number of fused-ring (bicyclic) bond motifs is 1. The minimum Gasteiger partial charge on any atom is -0.497 e. The summed E-state index contributed by atoms with van der Waals surface area (Å²) in [4.78, 5) is 22.6. The van der Waals surface area contributed by atoms with Gasteiger partial charge in [-0.15, -0.1) is 13.2 Å². The van der Waals surface area contributed by atoms with Crippen LogP contribution in [0.2, 0.25) is 0 Å². The number of nitrogens with zero attached hydrogens (tertiary/aromatic N) is 4. The molecule has 0 saturated carbocycles. The van der Waals surface area contributed by atoms with Crippen LogP contribution in [0.3, 0.4) is 0 Å². The Balaban J connectivity index is 1.59. The zero-order valence-corrected chi connectivity index (χ0v) is 23.8. The minimum atomic E-state index is -3.76. The highest BCUT2D eigenvalue weighted by Gasteiger charge is 2.25. The van der Waals surface area contributed by atoms with Gasteiger partial charge in [-0.3, -0.25) is 14.6 Å². The van der Waals surface area contributed by atoms with Crippen LogP contribution in [0, 0.1) is 0 Å². The van der Waals surface area contributed by atoms with Crippen LogP contribution >= 0.6 is 11.3 Å². The molecule has 0 spiro atoms. The summed E-state index contributed by atoms with van der Waals surface area (Å²) in [6, 6.07) is 11.7. The van der Waals surface area contributed by atoms with Gasteiger partial charge in [0.05, 0.1) is 35.4 Å². The third kappa shape index (κ3) is 6.92. The molecule has 2 aromatic carbocycles. The molecule has 1 aliphatic rings. The molecule has 0 radical (unpaired) electrons. The first-order valence-electron chi connectivity index (χ1n) is 12.8. The first-order chi connectivity index (χ1) is 18.9. The van der Waals surface area contributed by atoms with E-state index in [1.165, 1.54) is 39.9 Å². The summed E-state index contributed by atoms with van der Waals surface area (Å²) in [6.45, 7) is 12.1.